The van der Waals surface area contributed by atoms with Crippen LogP contribution in [-0.4, -0.2) is 24.2 Å². The van der Waals surface area contributed by atoms with E-state index < -0.39 is 5.54 Å². The number of nitrogens with two attached hydrogens (primary N) is 1. The Morgan fingerprint density at radius 2 is 1.60 bits per heavy atom. The molecular formula is C12H14NO2+. The lowest BCUT2D eigenvalue weighted by molar-refractivity contribution is -0.670. The molecule has 0 saturated heterocycles. The van der Waals surface area contributed by atoms with Gasteiger partial charge in [-0.3, -0.25) is 9.59 Å². The number of carbonyl (C=O) groups excluding carboxylic acids is 2. The number of hydrogen-bond donors (Lipinski definition) is 1. The molecule has 15 heavy (non-hydrogen) atoms. The van der Waals surface area contributed by atoms with Crippen molar-refractivity contribution in [2.75, 3.05) is 7.05 Å². The molecule has 0 aromatic heterocycles. The first-order chi connectivity index (χ1) is 7.17. The van der Waals surface area contributed by atoms with E-state index in [9.17, 15) is 9.59 Å². The molecule has 2 rings (SSSR count). The highest BCUT2D eigenvalue weighted by Gasteiger charge is 2.54. The van der Waals surface area contributed by atoms with Gasteiger partial charge in [-0.25, -0.2) is 0 Å². The standard InChI is InChI=1S/C12H13NO2/c1-3-12(13-2)10(14)8-6-4-5-7-9(8)11(12)15/h4-7,13H,3H2,1-2H3/p+1. The molecule has 0 unspecified atom stereocenters. The van der Waals surface area contributed by atoms with Crippen molar-refractivity contribution in [2.45, 2.75) is 18.9 Å². The fourth-order valence-corrected chi connectivity index (χ4v) is 2.25. The highest BCUT2D eigenvalue weighted by Crippen LogP contribution is 2.29. The normalized spacial score (nSPS) is 18.0. The smallest absolute Gasteiger partial charge is 0.231 e. The molecule has 0 spiro atoms. The minimum Gasteiger partial charge on any atom is -0.331 e. The first-order valence-corrected chi connectivity index (χ1v) is 5.16. The predicted molar refractivity (Wildman–Crippen MR) is 56.0 cm³/mol. The lowest BCUT2D eigenvalue weighted by atomic mass is 9.90. The van der Waals surface area contributed by atoms with Crippen LogP contribution < -0.4 is 5.32 Å². The van der Waals surface area contributed by atoms with E-state index in [-0.39, 0.29) is 11.6 Å². The summed E-state index contributed by atoms with van der Waals surface area (Å²) in [6, 6.07) is 7.06. The molecule has 1 aliphatic rings. The van der Waals surface area contributed by atoms with Crippen molar-refractivity contribution >= 4 is 11.6 Å². The number of Topliss-reactive ketones (excluding diaryl/α,β-unsaturated/α-hetero) is 2. The molecule has 0 atom stereocenters. The van der Waals surface area contributed by atoms with Gasteiger partial charge < -0.3 is 5.32 Å². The fraction of sp³-hybridized carbons (Fsp3) is 0.333. The van der Waals surface area contributed by atoms with Crippen LogP contribution in [0, 0.1) is 0 Å². The number of fused-ring (bicyclic) bond motifs is 1. The Balaban J connectivity index is 2.63. The Labute approximate surface area is 88.5 Å². The molecule has 1 aromatic rings. The van der Waals surface area contributed by atoms with E-state index in [0.29, 0.717) is 17.5 Å². The van der Waals surface area contributed by atoms with Crippen molar-refractivity contribution in [1.29, 1.82) is 0 Å². The van der Waals surface area contributed by atoms with Gasteiger partial charge in [-0.1, -0.05) is 31.2 Å². The molecule has 0 saturated carbocycles. The SMILES string of the molecule is CCC1([NH2+]C)C(=O)c2ccccc2C1=O. The number of carbonyl (C=O) groups is 2. The average Bonchev–Trinajstić information content (AvgIpc) is 2.51. The Hall–Kier alpha value is -1.48. The largest absolute Gasteiger partial charge is 0.331 e. The van der Waals surface area contributed by atoms with Gasteiger partial charge in [-0.15, -0.1) is 0 Å². The Morgan fingerprint density at radius 3 is 1.93 bits per heavy atom. The maximum Gasteiger partial charge on any atom is 0.231 e. The molecule has 1 aliphatic carbocycles. The fourth-order valence-electron chi connectivity index (χ4n) is 2.25. The number of ketones is 2. The maximum absolute atomic E-state index is 12.1. The molecular weight excluding hydrogens is 190 g/mol. The third-order valence-corrected chi connectivity index (χ3v) is 3.28. The highest BCUT2D eigenvalue weighted by atomic mass is 16.2. The van der Waals surface area contributed by atoms with Gasteiger partial charge in [0.05, 0.1) is 7.05 Å². The molecule has 0 aliphatic heterocycles. The topological polar surface area (TPSA) is 50.8 Å². The second-order valence-electron chi connectivity index (χ2n) is 3.82. The van der Waals surface area contributed by atoms with Gasteiger partial charge in [0, 0.05) is 17.5 Å². The summed E-state index contributed by atoms with van der Waals surface area (Å²) < 4.78 is 0. The lowest BCUT2D eigenvalue weighted by Gasteiger charge is -2.18. The second kappa shape index (κ2) is 3.28. The van der Waals surface area contributed by atoms with Crippen LogP contribution in [0.2, 0.25) is 0 Å². The van der Waals surface area contributed by atoms with Crippen LogP contribution in [0.1, 0.15) is 34.1 Å². The second-order valence-corrected chi connectivity index (χ2v) is 3.82. The van der Waals surface area contributed by atoms with Gasteiger partial charge in [0.15, 0.2) is 0 Å². The van der Waals surface area contributed by atoms with E-state index in [1.54, 1.807) is 36.6 Å². The van der Waals surface area contributed by atoms with E-state index in [2.05, 4.69) is 0 Å². The summed E-state index contributed by atoms with van der Waals surface area (Å²) in [5, 5.41) is 1.73. The minimum atomic E-state index is -0.899. The van der Waals surface area contributed by atoms with Gasteiger partial charge in [0.1, 0.15) is 0 Å². The third-order valence-electron chi connectivity index (χ3n) is 3.28. The summed E-state index contributed by atoms with van der Waals surface area (Å²) in [5.41, 5.74) is 0.244. The van der Waals surface area contributed by atoms with Crippen molar-refractivity contribution in [2.24, 2.45) is 0 Å². The zero-order valence-electron chi connectivity index (χ0n) is 8.91. The number of rotatable bonds is 2. The van der Waals surface area contributed by atoms with E-state index in [0.717, 1.165) is 0 Å². The summed E-state index contributed by atoms with van der Waals surface area (Å²) in [4.78, 5) is 24.3. The lowest BCUT2D eigenvalue weighted by Crippen LogP contribution is -2.97. The molecule has 1 aromatic carbocycles. The van der Waals surface area contributed by atoms with E-state index in [1.807, 2.05) is 6.92 Å². The van der Waals surface area contributed by atoms with Crippen molar-refractivity contribution in [3.8, 4) is 0 Å². The number of benzene rings is 1. The van der Waals surface area contributed by atoms with Crippen LogP contribution >= 0.6 is 0 Å². The summed E-state index contributed by atoms with van der Waals surface area (Å²) in [5.74, 6) is -0.0961. The zero-order chi connectivity index (χ0) is 11.1. The van der Waals surface area contributed by atoms with Crippen molar-refractivity contribution in [1.82, 2.24) is 0 Å². The van der Waals surface area contributed by atoms with Crippen LogP contribution in [0.15, 0.2) is 24.3 Å². The minimum absolute atomic E-state index is 0.0481. The zero-order valence-corrected chi connectivity index (χ0v) is 8.91. The monoisotopic (exact) mass is 204 g/mol. The summed E-state index contributed by atoms with van der Waals surface area (Å²) in [7, 11) is 1.78. The summed E-state index contributed by atoms with van der Waals surface area (Å²) in [6.45, 7) is 1.88. The van der Waals surface area contributed by atoms with Gasteiger partial charge in [-0.2, -0.15) is 0 Å². The van der Waals surface area contributed by atoms with Gasteiger partial charge in [-0.05, 0) is 0 Å². The van der Waals surface area contributed by atoms with Gasteiger partial charge >= 0.3 is 0 Å². The van der Waals surface area contributed by atoms with Crippen molar-refractivity contribution < 1.29 is 14.9 Å². The first kappa shape index (κ1) is 10.1. The van der Waals surface area contributed by atoms with Crippen LogP contribution in [0.4, 0.5) is 0 Å². The molecule has 3 heteroatoms. The molecule has 2 N–H and O–H groups in total. The maximum atomic E-state index is 12.1. The summed E-state index contributed by atoms with van der Waals surface area (Å²) in [6.07, 6.45) is 0.538. The molecule has 3 nitrogen and oxygen atoms in total. The molecule has 0 radical (unpaired) electrons. The van der Waals surface area contributed by atoms with Crippen LogP contribution in [0.3, 0.4) is 0 Å². The van der Waals surface area contributed by atoms with E-state index in [4.69, 9.17) is 0 Å². The Morgan fingerprint density at radius 1 is 1.13 bits per heavy atom. The van der Waals surface area contributed by atoms with Crippen LogP contribution in [0.5, 0.6) is 0 Å². The van der Waals surface area contributed by atoms with Crippen molar-refractivity contribution in [3.63, 3.8) is 0 Å². The average molecular weight is 204 g/mol. The van der Waals surface area contributed by atoms with Gasteiger partial charge in [0.2, 0.25) is 17.1 Å². The summed E-state index contributed by atoms with van der Waals surface area (Å²) >= 11 is 0. The number of likely N-dealkylation sites (N-methyl/N-ethyl adjacent to an activating group) is 1. The Bertz CT molecular complexity index is 396. The van der Waals surface area contributed by atoms with E-state index >= 15 is 0 Å². The quantitative estimate of drug-likeness (QED) is 0.709. The third kappa shape index (κ3) is 1.10. The Kier molecular flexibility index (Phi) is 2.20. The molecule has 0 heterocycles. The van der Waals surface area contributed by atoms with E-state index in [1.165, 1.54) is 0 Å². The van der Waals surface area contributed by atoms with Crippen LogP contribution in [0.25, 0.3) is 0 Å². The molecule has 0 amide bonds. The number of hydrogen-bond acceptors (Lipinski definition) is 2. The molecule has 78 valence electrons. The molecule has 0 bridgehead atoms. The first-order valence-electron chi connectivity index (χ1n) is 5.16. The highest BCUT2D eigenvalue weighted by molar-refractivity contribution is 6.31. The molecule has 0 fully saturated rings. The van der Waals surface area contributed by atoms with Crippen LogP contribution in [-0.2, 0) is 0 Å². The predicted octanol–water partition coefficient (Wildman–Crippen LogP) is 0.408. The van der Waals surface area contributed by atoms with Crippen molar-refractivity contribution in [3.05, 3.63) is 35.4 Å². The number of quaternary nitrogens is 1. The van der Waals surface area contributed by atoms with Gasteiger partial charge in [0.25, 0.3) is 0 Å².